The number of nitrogens with zero attached hydrogens (tertiary/aromatic N) is 1. The maximum absolute atomic E-state index is 13.0. The number of ether oxygens (including phenoxy) is 1. The number of carbonyl (C=O) groups excluding carboxylic acids is 2. The molecule has 0 spiro atoms. The minimum atomic E-state index is -0.781. The number of likely N-dealkylation sites (N-methyl/N-ethyl adjacent to an activating group) is 1. The van der Waals surface area contributed by atoms with Crippen molar-refractivity contribution in [2.75, 3.05) is 19.7 Å². The van der Waals surface area contributed by atoms with E-state index in [4.69, 9.17) is 4.74 Å². The summed E-state index contributed by atoms with van der Waals surface area (Å²) in [7, 11) is 0. The lowest BCUT2D eigenvalue weighted by Gasteiger charge is -2.40. The molecule has 6 heteroatoms. The Morgan fingerprint density at radius 2 is 1.73 bits per heavy atom. The first-order valence-electron chi connectivity index (χ1n) is 9.49. The molecular weight excluding hydrogens is 335 g/mol. The molecule has 0 radical (unpaired) electrons. The second kappa shape index (κ2) is 9.55. The van der Waals surface area contributed by atoms with Crippen molar-refractivity contribution in [1.29, 1.82) is 0 Å². The highest BCUT2D eigenvalue weighted by atomic mass is 19.1. The van der Waals surface area contributed by atoms with Gasteiger partial charge in [-0.15, -0.1) is 0 Å². The summed E-state index contributed by atoms with van der Waals surface area (Å²) in [5.41, 5.74) is -0.781. The zero-order valence-corrected chi connectivity index (χ0v) is 15.7. The SMILES string of the molecule is CCN(CC)C(=O)C1(NC(=O)CCOc2ccc(F)cc2)CCCCC1. The Hall–Kier alpha value is -2.11. The molecule has 2 rings (SSSR count). The van der Waals surface area contributed by atoms with E-state index in [2.05, 4.69) is 5.32 Å². The molecular formula is C20H29FN2O3. The summed E-state index contributed by atoms with van der Waals surface area (Å²) in [6, 6.07) is 5.68. The average Bonchev–Trinajstić information content (AvgIpc) is 2.65. The number of nitrogens with one attached hydrogen (secondary N) is 1. The third kappa shape index (κ3) is 5.19. The number of hydrogen-bond acceptors (Lipinski definition) is 3. The molecule has 5 nitrogen and oxygen atoms in total. The predicted molar refractivity (Wildman–Crippen MR) is 98.4 cm³/mol. The van der Waals surface area contributed by atoms with Gasteiger partial charge < -0.3 is 15.0 Å². The Kier molecular flexibility index (Phi) is 7.42. The van der Waals surface area contributed by atoms with E-state index >= 15 is 0 Å². The standard InChI is InChI=1S/C20H29FN2O3/c1-3-23(4-2)19(25)20(13-6-5-7-14-20)22-18(24)12-15-26-17-10-8-16(21)9-11-17/h8-11H,3-7,12-15H2,1-2H3,(H,22,24). The summed E-state index contributed by atoms with van der Waals surface area (Å²) in [6.07, 6.45) is 4.51. The van der Waals surface area contributed by atoms with Gasteiger partial charge in [-0.1, -0.05) is 19.3 Å². The summed E-state index contributed by atoms with van der Waals surface area (Å²) in [6.45, 7) is 5.38. The van der Waals surface area contributed by atoms with Crippen LogP contribution in [0, 0.1) is 5.82 Å². The number of halogens is 1. The maximum Gasteiger partial charge on any atom is 0.248 e. The zero-order valence-electron chi connectivity index (χ0n) is 15.7. The Bertz CT molecular complexity index is 594. The lowest BCUT2D eigenvalue weighted by molar-refractivity contribution is -0.143. The molecule has 0 atom stereocenters. The second-order valence-corrected chi connectivity index (χ2v) is 6.72. The van der Waals surface area contributed by atoms with Gasteiger partial charge in [0, 0.05) is 13.1 Å². The fourth-order valence-corrected chi connectivity index (χ4v) is 3.48. The summed E-state index contributed by atoms with van der Waals surface area (Å²) in [5.74, 6) is 0.0274. The molecule has 0 aliphatic heterocycles. The number of carbonyl (C=O) groups is 2. The Morgan fingerprint density at radius 3 is 2.31 bits per heavy atom. The minimum Gasteiger partial charge on any atom is -0.493 e. The molecule has 1 aromatic carbocycles. The van der Waals surface area contributed by atoms with Crippen molar-refractivity contribution >= 4 is 11.8 Å². The molecule has 26 heavy (non-hydrogen) atoms. The van der Waals surface area contributed by atoms with Crippen LogP contribution < -0.4 is 10.1 Å². The molecule has 2 amide bonds. The van der Waals surface area contributed by atoms with Gasteiger partial charge in [0.2, 0.25) is 11.8 Å². The van der Waals surface area contributed by atoms with Crippen LogP contribution in [0.15, 0.2) is 24.3 Å². The number of benzene rings is 1. The van der Waals surface area contributed by atoms with Crippen LogP contribution in [0.4, 0.5) is 4.39 Å². The molecule has 0 bridgehead atoms. The van der Waals surface area contributed by atoms with Crippen molar-refractivity contribution in [2.24, 2.45) is 0 Å². The molecule has 1 aliphatic rings. The largest absolute Gasteiger partial charge is 0.493 e. The van der Waals surface area contributed by atoms with Gasteiger partial charge in [0.1, 0.15) is 17.1 Å². The van der Waals surface area contributed by atoms with E-state index in [0.29, 0.717) is 31.7 Å². The third-order valence-corrected chi connectivity index (χ3v) is 4.96. The van der Waals surface area contributed by atoms with Gasteiger partial charge >= 0.3 is 0 Å². The molecule has 1 aromatic rings. The van der Waals surface area contributed by atoms with E-state index in [1.165, 1.54) is 24.3 Å². The molecule has 0 saturated heterocycles. The summed E-state index contributed by atoms with van der Waals surface area (Å²) < 4.78 is 18.4. The van der Waals surface area contributed by atoms with Gasteiger partial charge in [-0.2, -0.15) is 0 Å². The van der Waals surface area contributed by atoms with Crippen molar-refractivity contribution in [3.05, 3.63) is 30.1 Å². The molecule has 0 aromatic heterocycles. The summed E-state index contributed by atoms with van der Waals surface area (Å²) in [5, 5.41) is 3.01. The average molecular weight is 364 g/mol. The fraction of sp³-hybridized carbons (Fsp3) is 0.600. The zero-order chi connectivity index (χ0) is 19.0. The quantitative estimate of drug-likeness (QED) is 0.770. The van der Waals surface area contributed by atoms with E-state index in [9.17, 15) is 14.0 Å². The fourth-order valence-electron chi connectivity index (χ4n) is 3.48. The van der Waals surface area contributed by atoms with Crippen LogP contribution in [0.25, 0.3) is 0 Å². The van der Waals surface area contributed by atoms with E-state index in [0.717, 1.165) is 19.3 Å². The smallest absolute Gasteiger partial charge is 0.248 e. The van der Waals surface area contributed by atoms with Gasteiger partial charge in [-0.05, 0) is 51.0 Å². The van der Waals surface area contributed by atoms with Gasteiger partial charge in [0.05, 0.1) is 13.0 Å². The lowest BCUT2D eigenvalue weighted by Crippen LogP contribution is -2.60. The van der Waals surface area contributed by atoms with Crippen molar-refractivity contribution < 1.29 is 18.7 Å². The molecule has 144 valence electrons. The van der Waals surface area contributed by atoms with E-state index < -0.39 is 5.54 Å². The Balaban J connectivity index is 1.93. The molecule has 1 saturated carbocycles. The molecule has 1 fully saturated rings. The van der Waals surface area contributed by atoms with Crippen LogP contribution >= 0.6 is 0 Å². The first-order chi connectivity index (χ1) is 12.5. The highest BCUT2D eigenvalue weighted by molar-refractivity contribution is 5.91. The highest BCUT2D eigenvalue weighted by Crippen LogP contribution is 2.30. The van der Waals surface area contributed by atoms with E-state index in [-0.39, 0.29) is 30.7 Å². The molecule has 0 unspecified atom stereocenters. The Labute approximate surface area is 154 Å². The van der Waals surface area contributed by atoms with Gasteiger partial charge in [-0.25, -0.2) is 4.39 Å². The van der Waals surface area contributed by atoms with Crippen LogP contribution in [-0.2, 0) is 9.59 Å². The van der Waals surface area contributed by atoms with Gasteiger partial charge in [0.25, 0.3) is 0 Å². The predicted octanol–water partition coefficient (Wildman–Crippen LogP) is 3.28. The first kappa shape index (κ1) is 20.2. The number of amides is 2. The number of rotatable bonds is 8. The maximum atomic E-state index is 13.0. The minimum absolute atomic E-state index is 0.0232. The van der Waals surface area contributed by atoms with Crippen LogP contribution in [0.3, 0.4) is 0 Å². The molecule has 1 aliphatic carbocycles. The Morgan fingerprint density at radius 1 is 1.12 bits per heavy atom. The highest BCUT2D eigenvalue weighted by Gasteiger charge is 2.42. The lowest BCUT2D eigenvalue weighted by atomic mass is 9.80. The van der Waals surface area contributed by atoms with Crippen molar-refractivity contribution in [2.45, 2.75) is 57.9 Å². The van der Waals surface area contributed by atoms with Crippen LogP contribution in [0.1, 0.15) is 52.4 Å². The van der Waals surface area contributed by atoms with E-state index in [1.54, 1.807) is 4.90 Å². The monoisotopic (exact) mass is 364 g/mol. The summed E-state index contributed by atoms with van der Waals surface area (Å²) in [4.78, 5) is 27.2. The van der Waals surface area contributed by atoms with Crippen LogP contribution in [0.2, 0.25) is 0 Å². The normalized spacial score (nSPS) is 16.0. The molecule has 1 N–H and O–H groups in total. The van der Waals surface area contributed by atoms with Crippen molar-refractivity contribution in [3.63, 3.8) is 0 Å². The topological polar surface area (TPSA) is 58.6 Å². The van der Waals surface area contributed by atoms with Crippen LogP contribution in [-0.4, -0.2) is 41.9 Å². The van der Waals surface area contributed by atoms with E-state index in [1.807, 2.05) is 13.8 Å². The van der Waals surface area contributed by atoms with Crippen molar-refractivity contribution in [3.8, 4) is 5.75 Å². The van der Waals surface area contributed by atoms with Crippen LogP contribution in [0.5, 0.6) is 5.75 Å². The molecule has 0 heterocycles. The van der Waals surface area contributed by atoms with Crippen molar-refractivity contribution in [1.82, 2.24) is 10.2 Å². The first-order valence-corrected chi connectivity index (χ1v) is 9.49. The number of hydrogen-bond donors (Lipinski definition) is 1. The van der Waals surface area contributed by atoms with Gasteiger partial charge in [0.15, 0.2) is 0 Å². The third-order valence-electron chi connectivity index (χ3n) is 4.96. The second-order valence-electron chi connectivity index (χ2n) is 6.72. The van der Waals surface area contributed by atoms with Gasteiger partial charge in [-0.3, -0.25) is 9.59 Å². The summed E-state index contributed by atoms with van der Waals surface area (Å²) >= 11 is 0.